The molecule has 1 aliphatic heterocycles. The van der Waals surface area contributed by atoms with Crippen LogP contribution < -0.4 is 0 Å². The van der Waals surface area contributed by atoms with Gasteiger partial charge in [-0.3, -0.25) is 4.79 Å². The van der Waals surface area contributed by atoms with Crippen LogP contribution >= 0.6 is 0 Å². The SMILES string of the molecule is Cc1cc(F)ccc1C(=O)N1CCC(O)C1. The van der Waals surface area contributed by atoms with Crippen molar-refractivity contribution in [2.45, 2.75) is 19.4 Å². The van der Waals surface area contributed by atoms with Crippen LogP contribution in [0.1, 0.15) is 22.3 Å². The summed E-state index contributed by atoms with van der Waals surface area (Å²) < 4.78 is 12.9. The van der Waals surface area contributed by atoms with E-state index in [1.165, 1.54) is 18.2 Å². The van der Waals surface area contributed by atoms with Gasteiger partial charge in [-0.05, 0) is 37.1 Å². The summed E-state index contributed by atoms with van der Waals surface area (Å²) in [6.45, 7) is 2.65. The molecule has 0 spiro atoms. The first kappa shape index (κ1) is 11.1. The van der Waals surface area contributed by atoms with E-state index in [1.54, 1.807) is 11.8 Å². The van der Waals surface area contributed by atoms with E-state index in [0.29, 0.717) is 30.6 Å². The molecule has 1 unspecified atom stereocenters. The molecule has 1 saturated heterocycles. The van der Waals surface area contributed by atoms with Gasteiger partial charge in [0.25, 0.3) is 5.91 Å². The molecule has 16 heavy (non-hydrogen) atoms. The zero-order chi connectivity index (χ0) is 11.7. The Hall–Kier alpha value is -1.42. The third-order valence-corrected chi connectivity index (χ3v) is 2.87. The molecule has 1 heterocycles. The summed E-state index contributed by atoms with van der Waals surface area (Å²) in [5.74, 6) is -0.468. The van der Waals surface area contributed by atoms with E-state index in [2.05, 4.69) is 0 Å². The third kappa shape index (κ3) is 2.07. The fourth-order valence-corrected chi connectivity index (χ4v) is 1.96. The first-order valence-electron chi connectivity index (χ1n) is 5.31. The maximum atomic E-state index is 12.9. The molecule has 0 saturated carbocycles. The minimum atomic E-state index is -0.426. The second-order valence-electron chi connectivity index (χ2n) is 4.15. The number of carbonyl (C=O) groups is 1. The summed E-state index contributed by atoms with van der Waals surface area (Å²) in [6.07, 6.45) is 0.191. The van der Waals surface area contributed by atoms with Gasteiger partial charge in [-0.2, -0.15) is 0 Å². The summed E-state index contributed by atoms with van der Waals surface area (Å²) >= 11 is 0. The van der Waals surface area contributed by atoms with E-state index >= 15 is 0 Å². The van der Waals surface area contributed by atoms with Crippen molar-refractivity contribution in [3.63, 3.8) is 0 Å². The Kier molecular flexibility index (Phi) is 2.92. The van der Waals surface area contributed by atoms with Gasteiger partial charge in [0.1, 0.15) is 5.82 Å². The molecule has 4 heteroatoms. The van der Waals surface area contributed by atoms with Crippen LogP contribution in [0.15, 0.2) is 18.2 Å². The Morgan fingerprint density at radius 3 is 2.88 bits per heavy atom. The number of nitrogens with zero attached hydrogens (tertiary/aromatic N) is 1. The number of aliphatic hydroxyl groups is 1. The summed E-state index contributed by atoms with van der Waals surface area (Å²) in [7, 11) is 0. The number of amides is 1. The number of rotatable bonds is 1. The van der Waals surface area contributed by atoms with E-state index in [9.17, 15) is 14.3 Å². The van der Waals surface area contributed by atoms with Crippen molar-refractivity contribution in [2.75, 3.05) is 13.1 Å². The topological polar surface area (TPSA) is 40.5 Å². The highest BCUT2D eigenvalue weighted by molar-refractivity contribution is 5.95. The highest BCUT2D eigenvalue weighted by atomic mass is 19.1. The molecule has 1 N–H and O–H groups in total. The predicted molar refractivity (Wildman–Crippen MR) is 57.7 cm³/mol. The summed E-state index contributed by atoms with van der Waals surface area (Å²) in [5.41, 5.74) is 1.14. The minimum Gasteiger partial charge on any atom is -0.391 e. The summed E-state index contributed by atoms with van der Waals surface area (Å²) in [5, 5.41) is 9.35. The van der Waals surface area contributed by atoms with Gasteiger partial charge in [0.05, 0.1) is 6.10 Å². The highest BCUT2D eigenvalue weighted by Gasteiger charge is 2.26. The Morgan fingerprint density at radius 1 is 1.56 bits per heavy atom. The van der Waals surface area contributed by atoms with Crippen molar-refractivity contribution >= 4 is 5.91 Å². The summed E-state index contributed by atoms with van der Waals surface area (Å²) in [4.78, 5) is 13.6. The number of carbonyl (C=O) groups excluding carboxylic acids is 1. The molecule has 1 atom stereocenters. The van der Waals surface area contributed by atoms with E-state index < -0.39 is 6.10 Å². The average Bonchev–Trinajstić information content (AvgIpc) is 2.64. The lowest BCUT2D eigenvalue weighted by Gasteiger charge is -2.16. The standard InChI is InChI=1S/C12H14FNO2/c1-8-6-9(13)2-3-11(8)12(16)14-5-4-10(15)7-14/h2-3,6,10,15H,4-5,7H2,1H3. The maximum absolute atomic E-state index is 12.9. The number of hydrogen-bond donors (Lipinski definition) is 1. The Morgan fingerprint density at radius 2 is 2.31 bits per heavy atom. The van der Waals surface area contributed by atoms with Crippen molar-refractivity contribution in [3.05, 3.63) is 35.1 Å². The largest absolute Gasteiger partial charge is 0.391 e. The van der Waals surface area contributed by atoms with Crippen molar-refractivity contribution < 1.29 is 14.3 Å². The van der Waals surface area contributed by atoms with Crippen molar-refractivity contribution in [1.29, 1.82) is 0 Å². The lowest BCUT2D eigenvalue weighted by Crippen LogP contribution is -2.30. The van der Waals surface area contributed by atoms with Crippen LogP contribution in [0, 0.1) is 12.7 Å². The molecule has 86 valence electrons. The fourth-order valence-electron chi connectivity index (χ4n) is 1.96. The zero-order valence-electron chi connectivity index (χ0n) is 9.11. The monoisotopic (exact) mass is 223 g/mol. The number of halogens is 1. The van der Waals surface area contributed by atoms with Crippen LogP contribution in [-0.2, 0) is 0 Å². The lowest BCUT2D eigenvalue weighted by molar-refractivity contribution is 0.0764. The Balaban J connectivity index is 2.21. The molecular weight excluding hydrogens is 209 g/mol. The van der Waals surface area contributed by atoms with Gasteiger partial charge in [-0.15, -0.1) is 0 Å². The Bertz CT molecular complexity index is 419. The van der Waals surface area contributed by atoms with E-state index in [-0.39, 0.29) is 11.7 Å². The molecule has 1 fully saturated rings. The van der Waals surface area contributed by atoms with Crippen LogP contribution in [0.25, 0.3) is 0 Å². The molecule has 0 aliphatic carbocycles. The maximum Gasteiger partial charge on any atom is 0.254 e. The second kappa shape index (κ2) is 4.22. The first-order chi connectivity index (χ1) is 7.58. The van der Waals surface area contributed by atoms with Gasteiger partial charge >= 0.3 is 0 Å². The fraction of sp³-hybridized carbons (Fsp3) is 0.417. The van der Waals surface area contributed by atoms with Crippen LogP contribution in [0.4, 0.5) is 4.39 Å². The van der Waals surface area contributed by atoms with Crippen LogP contribution in [0.3, 0.4) is 0 Å². The van der Waals surface area contributed by atoms with E-state index in [1.807, 2.05) is 0 Å². The number of aryl methyl sites for hydroxylation is 1. The normalized spacial score (nSPS) is 20.2. The van der Waals surface area contributed by atoms with Crippen LogP contribution in [0.5, 0.6) is 0 Å². The number of hydrogen-bond acceptors (Lipinski definition) is 2. The van der Waals surface area contributed by atoms with Crippen LogP contribution in [-0.4, -0.2) is 35.1 Å². The number of likely N-dealkylation sites (tertiary alicyclic amines) is 1. The van der Waals surface area contributed by atoms with Gasteiger partial charge in [-0.25, -0.2) is 4.39 Å². The average molecular weight is 223 g/mol. The number of aliphatic hydroxyl groups excluding tert-OH is 1. The third-order valence-electron chi connectivity index (χ3n) is 2.87. The second-order valence-corrected chi connectivity index (χ2v) is 4.15. The quantitative estimate of drug-likeness (QED) is 0.780. The van der Waals surface area contributed by atoms with Gasteiger partial charge in [-0.1, -0.05) is 0 Å². The highest BCUT2D eigenvalue weighted by Crippen LogP contribution is 2.17. The molecule has 1 amide bonds. The first-order valence-corrected chi connectivity index (χ1v) is 5.31. The lowest BCUT2D eigenvalue weighted by atomic mass is 10.1. The molecule has 1 aromatic carbocycles. The molecular formula is C12H14FNO2. The van der Waals surface area contributed by atoms with Crippen molar-refractivity contribution in [3.8, 4) is 0 Å². The zero-order valence-corrected chi connectivity index (χ0v) is 9.11. The van der Waals surface area contributed by atoms with Crippen molar-refractivity contribution in [2.24, 2.45) is 0 Å². The summed E-state index contributed by atoms with van der Waals surface area (Å²) in [6, 6.07) is 4.13. The predicted octanol–water partition coefficient (Wildman–Crippen LogP) is 1.34. The van der Waals surface area contributed by atoms with Crippen molar-refractivity contribution in [1.82, 2.24) is 4.90 Å². The molecule has 1 aliphatic rings. The molecule has 3 nitrogen and oxygen atoms in total. The Labute approximate surface area is 93.5 Å². The number of β-amino-alcohol motifs (C(OH)–C–C–N with tert-alkyl or cyclic N) is 1. The van der Waals surface area contributed by atoms with E-state index in [4.69, 9.17) is 0 Å². The minimum absolute atomic E-state index is 0.131. The van der Waals surface area contributed by atoms with Gasteiger partial charge in [0, 0.05) is 18.7 Å². The van der Waals surface area contributed by atoms with E-state index in [0.717, 1.165) is 0 Å². The van der Waals surface area contributed by atoms with Gasteiger partial charge in [0.15, 0.2) is 0 Å². The van der Waals surface area contributed by atoms with Gasteiger partial charge < -0.3 is 10.0 Å². The molecule has 0 radical (unpaired) electrons. The van der Waals surface area contributed by atoms with Crippen LogP contribution in [0.2, 0.25) is 0 Å². The molecule has 0 aromatic heterocycles. The molecule has 0 bridgehead atoms. The number of benzene rings is 1. The van der Waals surface area contributed by atoms with Gasteiger partial charge in [0.2, 0.25) is 0 Å². The molecule has 1 aromatic rings. The molecule has 2 rings (SSSR count). The smallest absolute Gasteiger partial charge is 0.254 e.